The molecule has 6 nitrogen and oxygen atoms in total. The fourth-order valence-electron chi connectivity index (χ4n) is 2.51. The number of alkyl halides is 6. The molecule has 0 fully saturated rings. The van der Waals surface area contributed by atoms with Gasteiger partial charge in [-0.2, -0.15) is 40.0 Å². The van der Waals surface area contributed by atoms with E-state index < -0.39 is 52.0 Å². The zero-order valence-corrected chi connectivity index (χ0v) is 16.0. The predicted molar refractivity (Wildman–Crippen MR) is 88.2 cm³/mol. The summed E-state index contributed by atoms with van der Waals surface area (Å²) in [6, 6.07) is 3.75. The first kappa shape index (κ1) is 24.5. The summed E-state index contributed by atoms with van der Waals surface area (Å²) in [7, 11) is -6.09. The van der Waals surface area contributed by atoms with Crippen molar-refractivity contribution in [1.82, 2.24) is 4.90 Å². The van der Waals surface area contributed by atoms with Crippen LogP contribution in [0.3, 0.4) is 0 Å². The lowest BCUT2D eigenvalue weighted by molar-refractivity contribution is -0.185. The second-order valence-corrected chi connectivity index (χ2v) is 7.00. The van der Waals surface area contributed by atoms with Crippen LogP contribution >= 0.6 is 0 Å². The lowest BCUT2D eigenvalue weighted by Crippen LogP contribution is -2.42. The molecular formula is C16H16F6N2O4S. The highest BCUT2D eigenvalue weighted by Gasteiger charge is 2.49. The van der Waals surface area contributed by atoms with Crippen LogP contribution in [0.1, 0.15) is 30.5 Å². The molecule has 0 bridgehead atoms. The number of nitriles is 1. The molecule has 13 heteroatoms. The number of nitrogens with zero attached hydrogens (tertiary/aromatic N) is 2. The Balaban J connectivity index is 0.00000204. The highest BCUT2D eigenvalue weighted by molar-refractivity contribution is 7.88. The van der Waals surface area contributed by atoms with Gasteiger partial charge in [-0.25, -0.2) is 0 Å². The molecule has 0 radical (unpaired) electrons. The average molecular weight is 446 g/mol. The maximum Gasteiger partial charge on any atom is 0.534 e. The van der Waals surface area contributed by atoms with Crippen molar-refractivity contribution >= 4 is 16.0 Å². The third kappa shape index (κ3) is 5.53. The number of hydrogen-bond donors (Lipinski definition) is 0. The summed E-state index contributed by atoms with van der Waals surface area (Å²) in [6.45, 7) is 3.07. The van der Waals surface area contributed by atoms with E-state index >= 15 is 0 Å². The van der Waals surface area contributed by atoms with E-state index in [-0.39, 0.29) is 24.1 Å². The first-order valence-corrected chi connectivity index (χ1v) is 9.60. The van der Waals surface area contributed by atoms with Crippen molar-refractivity contribution in [2.75, 3.05) is 13.1 Å². The summed E-state index contributed by atoms with van der Waals surface area (Å²) in [5, 5.41) is 9.02. The second-order valence-electron chi connectivity index (χ2n) is 5.46. The molecule has 1 aromatic rings. The first-order valence-electron chi connectivity index (χ1n) is 8.19. The molecule has 0 spiro atoms. The van der Waals surface area contributed by atoms with Crippen molar-refractivity contribution in [3.63, 3.8) is 0 Å². The van der Waals surface area contributed by atoms with Gasteiger partial charge in [0.05, 0.1) is 5.56 Å². The van der Waals surface area contributed by atoms with E-state index in [9.17, 15) is 39.6 Å². The lowest BCUT2D eigenvalue weighted by Gasteiger charge is -2.21. The number of fused-ring (bicyclic) bond motifs is 1. The van der Waals surface area contributed by atoms with Gasteiger partial charge in [-0.15, -0.1) is 0 Å². The Bertz CT molecular complexity index is 904. The van der Waals surface area contributed by atoms with E-state index in [1.165, 1.54) is 12.1 Å². The van der Waals surface area contributed by atoms with Crippen molar-refractivity contribution in [2.45, 2.75) is 38.4 Å². The van der Waals surface area contributed by atoms with Crippen LogP contribution in [0.15, 0.2) is 12.1 Å². The van der Waals surface area contributed by atoms with Crippen LogP contribution in [0.4, 0.5) is 26.3 Å². The average Bonchev–Trinajstić information content (AvgIpc) is 2.84. The van der Waals surface area contributed by atoms with Gasteiger partial charge in [-0.1, -0.05) is 19.9 Å². The van der Waals surface area contributed by atoms with Gasteiger partial charge in [0.1, 0.15) is 6.07 Å². The van der Waals surface area contributed by atoms with E-state index in [1.54, 1.807) is 0 Å². The summed E-state index contributed by atoms with van der Waals surface area (Å²) in [6.07, 6.45) is -5.74. The topological polar surface area (TPSA) is 87.5 Å². The number of carbonyl (C=O) groups is 1. The minimum absolute atomic E-state index is 0.167. The van der Waals surface area contributed by atoms with Gasteiger partial charge < -0.3 is 9.08 Å². The molecule has 2 rings (SSSR count). The van der Waals surface area contributed by atoms with Crippen molar-refractivity contribution in [3.8, 4) is 11.8 Å². The van der Waals surface area contributed by atoms with Crippen LogP contribution < -0.4 is 4.18 Å². The maximum absolute atomic E-state index is 12.6. The third-order valence-corrected chi connectivity index (χ3v) is 4.72. The predicted octanol–water partition coefficient (Wildman–Crippen LogP) is 3.30. The molecule has 1 amide bonds. The fourth-order valence-corrected chi connectivity index (χ4v) is 3.02. The van der Waals surface area contributed by atoms with Crippen LogP contribution in [0.2, 0.25) is 0 Å². The molecule has 0 atom stereocenters. The van der Waals surface area contributed by atoms with Crippen LogP contribution in [-0.2, 0) is 27.8 Å². The van der Waals surface area contributed by atoms with Gasteiger partial charge in [0.15, 0.2) is 5.75 Å². The molecule has 1 aliphatic heterocycles. The minimum atomic E-state index is -6.09. The Labute approximate surface area is 162 Å². The largest absolute Gasteiger partial charge is 0.534 e. The first-order chi connectivity index (χ1) is 13.3. The molecule has 0 aliphatic carbocycles. The highest BCUT2D eigenvalue weighted by Crippen LogP contribution is 2.35. The van der Waals surface area contributed by atoms with Gasteiger partial charge in [0.25, 0.3) is 0 Å². The summed E-state index contributed by atoms with van der Waals surface area (Å²) in [4.78, 5) is 11.8. The van der Waals surface area contributed by atoms with Crippen molar-refractivity contribution in [3.05, 3.63) is 28.8 Å². The van der Waals surface area contributed by atoms with E-state index in [1.807, 2.05) is 13.8 Å². The van der Waals surface area contributed by atoms with Crippen LogP contribution in [0.5, 0.6) is 5.75 Å². The Morgan fingerprint density at radius 3 is 2.14 bits per heavy atom. The quantitative estimate of drug-likeness (QED) is 0.395. The molecule has 1 aliphatic rings. The van der Waals surface area contributed by atoms with Crippen LogP contribution in [-0.4, -0.2) is 44.0 Å². The van der Waals surface area contributed by atoms with E-state index in [0.717, 1.165) is 6.07 Å². The molecule has 0 N–H and O–H groups in total. The molecule has 0 unspecified atom stereocenters. The zero-order valence-electron chi connectivity index (χ0n) is 15.2. The summed E-state index contributed by atoms with van der Waals surface area (Å²) in [5.74, 6) is -3.02. The Hall–Kier alpha value is -2.49. The Morgan fingerprint density at radius 2 is 1.66 bits per heavy atom. The monoisotopic (exact) mass is 446 g/mol. The number of carbonyl (C=O) groups excluding carboxylic acids is 1. The maximum atomic E-state index is 12.6. The number of hydrogen-bond acceptors (Lipinski definition) is 5. The number of rotatable bonds is 2. The molecule has 29 heavy (non-hydrogen) atoms. The van der Waals surface area contributed by atoms with Crippen molar-refractivity contribution in [2.24, 2.45) is 0 Å². The number of amides is 1. The second kappa shape index (κ2) is 8.89. The van der Waals surface area contributed by atoms with Crippen LogP contribution in [0, 0.1) is 11.3 Å². The SMILES string of the molecule is CC.N#Cc1ccc2c(c1OS(=O)(=O)C(F)(F)F)CCN(C(=O)C(F)(F)F)CC2. The molecule has 1 heterocycles. The molecule has 162 valence electrons. The molecule has 1 aromatic carbocycles. The van der Waals surface area contributed by atoms with Gasteiger partial charge in [-0.3, -0.25) is 4.79 Å². The van der Waals surface area contributed by atoms with Gasteiger partial charge >= 0.3 is 27.7 Å². The van der Waals surface area contributed by atoms with E-state index in [2.05, 4.69) is 4.18 Å². The summed E-state index contributed by atoms with van der Waals surface area (Å²) < 4.78 is 102. The summed E-state index contributed by atoms with van der Waals surface area (Å²) in [5.41, 5.74) is -6.28. The summed E-state index contributed by atoms with van der Waals surface area (Å²) >= 11 is 0. The zero-order chi connectivity index (χ0) is 22.6. The van der Waals surface area contributed by atoms with E-state index in [4.69, 9.17) is 5.26 Å². The normalized spacial score (nSPS) is 14.7. The van der Waals surface area contributed by atoms with E-state index in [0.29, 0.717) is 4.90 Å². The van der Waals surface area contributed by atoms with Gasteiger partial charge in [0.2, 0.25) is 0 Å². The Kier molecular flexibility index (Phi) is 7.53. The standard InChI is InChI=1S/C14H10F6N2O4S.C2H6/c15-13(16,17)12(23)22-5-3-8-1-2-9(7-21)11(10(8)4-6-22)26-27(24,25)14(18,19)20;1-2/h1-2H,3-6H2;1-2H3. The molecule has 0 saturated heterocycles. The minimum Gasteiger partial charge on any atom is -0.374 e. The molecule has 0 saturated carbocycles. The number of halogens is 6. The fraction of sp³-hybridized carbons (Fsp3) is 0.500. The molecule has 0 aromatic heterocycles. The lowest BCUT2D eigenvalue weighted by atomic mass is 9.99. The van der Waals surface area contributed by atoms with Crippen molar-refractivity contribution in [1.29, 1.82) is 5.26 Å². The third-order valence-electron chi connectivity index (χ3n) is 3.77. The van der Waals surface area contributed by atoms with Gasteiger partial charge in [-0.05, 0) is 24.5 Å². The smallest absolute Gasteiger partial charge is 0.374 e. The number of benzene rings is 1. The highest BCUT2D eigenvalue weighted by atomic mass is 32.2. The van der Waals surface area contributed by atoms with Gasteiger partial charge in [0, 0.05) is 18.7 Å². The van der Waals surface area contributed by atoms with Crippen LogP contribution in [0.25, 0.3) is 0 Å². The van der Waals surface area contributed by atoms with Crippen molar-refractivity contribution < 1.29 is 43.7 Å². The molecular weight excluding hydrogens is 430 g/mol. The Morgan fingerprint density at radius 1 is 1.10 bits per heavy atom.